The first-order valence-corrected chi connectivity index (χ1v) is 12.6. The number of aliphatic carboxylic acids is 1. The molecule has 1 fully saturated rings. The molecule has 186 valence electrons. The fourth-order valence-electron chi connectivity index (χ4n) is 4.74. The van der Waals surface area contributed by atoms with Gasteiger partial charge in [0.25, 0.3) is 5.92 Å². The zero-order valence-corrected chi connectivity index (χ0v) is 19.9. The van der Waals surface area contributed by atoms with E-state index in [1.54, 1.807) is 6.26 Å². The zero-order chi connectivity index (χ0) is 25.2. The first-order valence-electron chi connectivity index (χ1n) is 11.2. The van der Waals surface area contributed by atoms with E-state index in [0.29, 0.717) is 10.7 Å². The molecule has 2 aromatic rings. The number of carbonyl (C=O) groups is 3. The minimum Gasteiger partial charge on any atom is -0.480 e. The molecular formula is C25H26F2N2O5S. The lowest BCUT2D eigenvalue weighted by Crippen LogP contribution is -2.52. The summed E-state index contributed by atoms with van der Waals surface area (Å²) < 4.78 is 33.3. The average Bonchev–Trinajstić information content (AvgIpc) is 3.34. The van der Waals surface area contributed by atoms with Gasteiger partial charge in [-0.2, -0.15) is 11.8 Å². The summed E-state index contributed by atoms with van der Waals surface area (Å²) in [6, 6.07) is 12.9. The molecule has 1 saturated heterocycles. The number of alkyl halides is 2. The number of carbonyl (C=O) groups excluding carboxylic acids is 2. The van der Waals surface area contributed by atoms with Gasteiger partial charge in [-0.3, -0.25) is 4.79 Å². The van der Waals surface area contributed by atoms with Crippen LogP contribution in [-0.4, -0.2) is 71.1 Å². The predicted molar refractivity (Wildman–Crippen MR) is 128 cm³/mol. The average molecular weight is 505 g/mol. The SMILES string of the molecule is CSCCC(NC(=O)OCC1c2ccccc2-c2ccccc21)C(=O)N1CC(F)(F)C[C@@H]1C(=O)O. The summed E-state index contributed by atoms with van der Waals surface area (Å²) in [6.45, 7) is -0.965. The van der Waals surface area contributed by atoms with Crippen LogP contribution in [0.3, 0.4) is 0 Å². The van der Waals surface area contributed by atoms with Crippen LogP contribution >= 0.6 is 11.8 Å². The van der Waals surface area contributed by atoms with Gasteiger partial charge in [0.05, 0.1) is 6.54 Å². The maximum atomic E-state index is 13.9. The summed E-state index contributed by atoms with van der Waals surface area (Å²) in [6.07, 6.45) is 0.148. The number of halogens is 2. The van der Waals surface area contributed by atoms with E-state index in [0.717, 1.165) is 22.3 Å². The van der Waals surface area contributed by atoms with Crippen molar-refractivity contribution in [3.05, 3.63) is 59.7 Å². The Balaban J connectivity index is 1.45. The van der Waals surface area contributed by atoms with Gasteiger partial charge in [0.15, 0.2) is 0 Å². The Hall–Kier alpha value is -3.14. The van der Waals surface area contributed by atoms with Gasteiger partial charge in [-0.05, 0) is 40.7 Å². The molecule has 0 radical (unpaired) electrons. The van der Waals surface area contributed by atoms with Crippen molar-refractivity contribution in [3.8, 4) is 11.1 Å². The van der Waals surface area contributed by atoms with Crippen molar-refractivity contribution in [2.75, 3.05) is 25.2 Å². The third-order valence-corrected chi connectivity index (χ3v) is 7.03. The Kier molecular flexibility index (Phi) is 7.30. The van der Waals surface area contributed by atoms with Crippen molar-refractivity contribution in [1.29, 1.82) is 0 Å². The molecule has 0 aromatic heterocycles. The Labute approximate surface area is 205 Å². The minimum absolute atomic E-state index is 0.0306. The number of likely N-dealkylation sites (tertiary alicyclic amines) is 1. The van der Waals surface area contributed by atoms with Gasteiger partial charge in [0.2, 0.25) is 5.91 Å². The molecule has 2 aromatic carbocycles. The smallest absolute Gasteiger partial charge is 0.407 e. The number of nitrogens with zero attached hydrogens (tertiary/aromatic N) is 1. The standard InChI is InChI=1S/C25H26F2N2O5S/c1-35-11-10-20(22(30)29-14-25(26,27)12-21(29)23(31)32)28-24(33)34-13-19-17-8-4-2-6-15(17)16-7-3-5-9-18(16)19/h2-9,19-21H,10-14H2,1H3,(H,28,33)(H,31,32)/t20?,21-/m1/s1. The van der Waals surface area contributed by atoms with E-state index in [1.807, 2.05) is 48.5 Å². The second kappa shape index (κ2) is 10.2. The highest BCUT2D eigenvalue weighted by molar-refractivity contribution is 7.98. The van der Waals surface area contributed by atoms with Crippen molar-refractivity contribution < 1.29 is 33.0 Å². The van der Waals surface area contributed by atoms with E-state index in [2.05, 4.69) is 5.32 Å². The number of rotatable bonds is 8. The second-order valence-corrected chi connectivity index (χ2v) is 9.67. The van der Waals surface area contributed by atoms with Crippen molar-refractivity contribution in [2.45, 2.75) is 36.8 Å². The number of hydrogen-bond acceptors (Lipinski definition) is 5. The van der Waals surface area contributed by atoms with Crippen LogP contribution in [0.5, 0.6) is 0 Å². The molecule has 1 heterocycles. The number of carboxylic acids is 1. The third-order valence-electron chi connectivity index (χ3n) is 6.38. The van der Waals surface area contributed by atoms with Gasteiger partial charge in [0.1, 0.15) is 18.7 Å². The topological polar surface area (TPSA) is 95.9 Å². The number of ether oxygens (including phenoxy) is 1. The number of alkyl carbamates (subject to hydrolysis) is 1. The van der Waals surface area contributed by atoms with Crippen LogP contribution in [0, 0.1) is 0 Å². The number of hydrogen-bond donors (Lipinski definition) is 2. The van der Waals surface area contributed by atoms with Gasteiger partial charge < -0.3 is 20.1 Å². The van der Waals surface area contributed by atoms with Gasteiger partial charge in [0, 0.05) is 12.3 Å². The lowest BCUT2D eigenvalue weighted by molar-refractivity contribution is -0.149. The first-order chi connectivity index (χ1) is 16.7. The number of benzene rings is 2. The van der Waals surface area contributed by atoms with Crippen molar-refractivity contribution >= 4 is 29.7 Å². The summed E-state index contributed by atoms with van der Waals surface area (Å²) in [7, 11) is 0. The third kappa shape index (κ3) is 5.27. The molecular weight excluding hydrogens is 478 g/mol. The second-order valence-electron chi connectivity index (χ2n) is 8.68. The Morgan fingerprint density at radius 3 is 2.31 bits per heavy atom. The normalized spacial score (nSPS) is 19.1. The molecule has 4 rings (SSSR count). The zero-order valence-electron chi connectivity index (χ0n) is 19.1. The van der Waals surface area contributed by atoms with Crippen LogP contribution in [0.2, 0.25) is 0 Å². The van der Waals surface area contributed by atoms with Crippen LogP contribution in [0.25, 0.3) is 11.1 Å². The fraction of sp³-hybridized carbons (Fsp3) is 0.400. The van der Waals surface area contributed by atoms with Gasteiger partial charge in [-0.25, -0.2) is 18.4 Å². The summed E-state index contributed by atoms with van der Waals surface area (Å²) in [4.78, 5) is 37.8. The summed E-state index contributed by atoms with van der Waals surface area (Å²) in [5.41, 5.74) is 4.19. The van der Waals surface area contributed by atoms with E-state index in [1.165, 1.54) is 11.8 Å². The number of fused-ring (bicyclic) bond motifs is 3. The van der Waals surface area contributed by atoms with Crippen molar-refractivity contribution in [2.24, 2.45) is 0 Å². The van der Waals surface area contributed by atoms with E-state index >= 15 is 0 Å². The van der Waals surface area contributed by atoms with Crippen LogP contribution < -0.4 is 5.32 Å². The maximum absolute atomic E-state index is 13.9. The van der Waals surface area contributed by atoms with Crippen LogP contribution in [0.15, 0.2) is 48.5 Å². The summed E-state index contributed by atoms with van der Waals surface area (Å²) >= 11 is 1.41. The van der Waals surface area contributed by atoms with Gasteiger partial charge in [-0.15, -0.1) is 0 Å². The van der Waals surface area contributed by atoms with E-state index in [9.17, 15) is 28.3 Å². The first kappa shape index (κ1) is 25.0. The molecule has 10 heteroatoms. The van der Waals surface area contributed by atoms with E-state index in [-0.39, 0.29) is 18.9 Å². The molecule has 7 nitrogen and oxygen atoms in total. The van der Waals surface area contributed by atoms with Crippen molar-refractivity contribution in [3.63, 3.8) is 0 Å². The van der Waals surface area contributed by atoms with Crippen LogP contribution in [0.1, 0.15) is 29.9 Å². The van der Waals surface area contributed by atoms with Gasteiger partial charge in [-0.1, -0.05) is 48.5 Å². The monoisotopic (exact) mass is 504 g/mol. The van der Waals surface area contributed by atoms with Crippen LogP contribution in [-0.2, 0) is 14.3 Å². The molecule has 1 aliphatic carbocycles. The molecule has 2 atom stereocenters. The minimum atomic E-state index is -3.30. The molecule has 0 saturated carbocycles. The number of amides is 2. The number of nitrogens with one attached hydrogen (secondary N) is 1. The largest absolute Gasteiger partial charge is 0.480 e. The highest BCUT2D eigenvalue weighted by atomic mass is 32.2. The molecule has 1 aliphatic heterocycles. The lowest BCUT2D eigenvalue weighted by atomic mass is 9.98. The molecule has 35 heavy (non-hydrogen) atoms. The lowest BCUT2D eigenvalue weighted by Gasteiger charge is -2.27. The summed E-state index contributed by atoms with van der Waals surface area (Å²) in [5, 5.41) is 11.8. The molecule has 0 bridgehead atoms. The van der Waals surface area contributed by atoms with E-state index in [4.69, 9.17) is 4.74 Å². The quantitative estimate of drug-likeness (QED) is 0.565. The molecule has 2 aliphatic rings. The number of thioether (sulfide) groups is 1. The molecule has 2 amide bonds. The Morgan fingerprint density at radius 2 is 1.74 bits per heavy atom. The molecule has 1 unspecified atom stereocenters. The fourth-order valence-corrected chi connectivity index (χ4v) is 5.22. The number of carboxylic acid groups (broad SMARTS) is 1. The van der Waals surface area contributed by atoms with Crippen molar-refractivity contribution in [1.82, 2.24) is 10.2 Å². The van der Waals surface area contributed by atoms with E-state index < -0.39 is 48.9 Å². The van der Waals surface area contributed by atoms with Gasteiger partial charge >= 0.3 is 12.1 Å². The molecule has 0 spiro atoms. The summed E-state index contributed by atoms with van der Waals surface area (Å²) in [5.74, 6) is -5.37. The Morgan fingerprint density at radius 1 is 1.14 bits per heavy atom. The highest BCUT2D eigenvalue weighted by Crippen LogP contribution is 2.44. The van der Waals surface area contributed by atoms with Crippen LogP contribution in [0.4, 0.5) is 13.6 Å². The maximum Gasteiger partial charge on any atom is 0.407 e. The predicted octanol–water partition coefficient (Wildman–Crippen LogP) is 3.97. The Bertz CT molecular complexity index is 1080. The molecule has 2 N–H and O–H groups in total. The highest BCUT2D eigenvalue weighted by Gasteiger charge is 2.51.